The number of rotatable bonds is 8. The highest BCUT2D eigenvalue weighted by Crippen LogP contribution is 2.55. The van der Waals surface area contributed by atoms with Crippen molar-refractivity contribution in [1.29, 1.82) is 0 Å². The third-order valence-corrected chi connectivity index (χ3v) is 10.1. The number of carbonyl (C=O) groups excluding carboxylic acids is 5. The molecule has 0 radical (unpaired) electrons. The number of phenolic OH excluding ortho intramolecular Hbond substituents is 2. The van der Waals surface area contributed by atoms with Gasteiger partial charge in [-0.2, -0.15) is 11.8 Å². The molecule has 0 heterocycles. The quantitative estimate of drug-likeness (QED) is 0.221. The number of Topliss-reactive ketones (excluding diaryl/α,β-unsaturated/α-hetero) is 3. The molecule has 2 aromatic rings. The van der Waals surface area contributed by atoms with E-state index in [0.717, 1.165) is 25.7 Å². The van der Waals surface area contributed by atoms with E-state index in [-0.39, 0.29) is 29.7 Å². The molecule has 0 bridgehead atoms. The first kappa shape index (κ1) is 30.0. The molecule has 3 unspecified atom stereocenters. The molecule has 0 saturated heterocycles. The van der Waals surface area contributed by atoms with Gasteiger partial charge in [-0.15, -0.1) is 0 Å². The van der Waals surface area contributed by atoms with Crippen LogP contribution in [0.2, 0.25) is 0 Å². The van der Waals surface area contributed by atoms with E-state index in [4.69, 9.17) is 10.5 Å². The minimum absolute atomic E-state index is 0.0664. The van der Waals surface area contributed by atoms with E-state index in [9.17, 15) is 39.3 Å². The number of carbonyl (C=O) groups is 5. The molecule has 2 saturated carbocycles. The Hall–Kier alpha value is -3.48. The predicted octanol–water partition coefficient (Wildman–Crippen LogP) is 2.20. The maximum atomic E-state index is 14.3. The molecule has 2 aromatic carbocycles. The van der Waals surface area contributed by atoms with Crippen molar-refractivity contribution in [1.82, 2.24) is 5.32 Å². The summed E-state index contributed by atoms with van der Waals surface area (Å²) in [5.41, 5.74) is 2.39. The molecule has 224 valence electrons. The minimum Gasteiger partial charge on any atom is -0.507 e. The summed E-state index contributed by atoms with van der Waals surface area (Å²) >= 11 is 1.62. The second-order valence-electron chi connectivity index (χ2n) is 11.1. The average Bonchev–Trinajstić information content (AvgIpc) is 3.47. The first-order valence-electron chi connectivity index (χ1n) is 14.2. The van der Waals surface area contributed by atoms with Crippen LogP contribution in [0.25, 0.3) is 10.8 Å². The lowest BCUT2D eigenvalue weighted by Crippen LogP contribution is -2.73. The summed E-state index contributed by atoms with van der Waals surface area (Å²) in [6.07, 6.45) is 2.49. The highest BCUT2D eigenvalue weighted by Gasteiger charge is 2.69. The first-order chi connectivity index (χ1) is 20.0. The zero-order valence-corrected chi connectivity index (χ0v) is 24.2. The Morgan fingerprint density at radius 3 is 2.45 bits per heavy atom. The van der Waals surface area contributed by atoms with Gasteiger partial charge in [-0.3, -0.25) is 24.0 Å². The number of aliphatic hydroxyl groups is 1. The highest BCUT2D eigenvalue weighted by atomic mass is 32.2. The molecule has 5 rings (SSSR count). The molecule has 1 amide bonds. The van der Waals surface area contributed by atoms with Crippen LogP contribution in [0.15, 0.2) is 18.2 Å². The third-order valence-electron chi connectivity index (χ3n) is 8.71. The van der Waals surface area contributed by atoms with Gasteiger partial charge in [-0.05, 0) is 36.4 Å². The van der Waals surface area contributed by atoms with Gasteiger partial charge < -0.3 is 31.1 Å². The minimum atomic E-state index is -3.06. The van der Waals surface area contributed by atoms with Crippen LogP contribution in [0.1, 0.15) is 73.5 Å². The van der Waals surface area contributed by atoms with Crippen LogP contribution in [0.4, 0.5) is 0 Å². The summed E-state index contributed by atoms with van der Waals surface area (Å²) in [5.74, 6) is -10.3. The molecular formula is C30H34N2O9S. The summed E-state index contributed by atoms with van der Waals surface area (Å²) in [7, 11) is 0. The van der Waals surface area contributed by atoms with Crippen molar-refractivity contribution >= 4 is 51.8 Å². The number of nitrogens with one attached hydrogen (secondary N) is 1. The fourth-order valence-electron chi connectivity index (χ4n) is 6.76. The van der Waals surface area contributed by atoms with Crippen molar-refractivity contribution in [3.05, 3.63) is 34.9 Å². The van der Waals surface area contributed by atoms with Gasteiger partial charge in [0.25, 0.3) is 0 Å². The van der Waals surface area contributed by atoms with E-state index >= 15 is 0 Å². The smallest absolute Gasteiger partial charge is 0.306 e. The molecule has 11 nitrogen and oxygen atoms in total. The molecule has 3 aliphatic carbocycles. The number of nitrogens with two attached hydrogens (primary N) is 1. The number of aromatic hydroxyl groups is 2. The molecular weight excluding hydrogens is 564 g/mol. The second-order valence-corrected chi connectivity index (χ2v) is 12.3. The summed E-state index contributed by atoms with van der Waals surface area (Å²) in [4.78, 5) is 66.8. The third kappa shape index (κ3) is 4.47. The summed E-state index contributed by atoms with van der Waals surface area (Å²) in [6.45, 7) is 3.33. The predicted molar refractivity (Wildman–Crippen MR) is 153 cm³/mol. The van der Waals surface area contributed by atoms with Crippen LogP contribution in [0.5, 0.6) is 11.5 Å². The fraction of sp³-hybridized carbons (Fsp3) is 0.500. The number of amides is 1. The second kappa shape index (κ2) is 11.3. The van der Waals surface area contributed by atoms with Gasteiger partial charge in [0.2, 0.25) is 11.7 Å². The topological polar surface area (TPSA) is 193 Å². The van der Waals surface area contributed by atoms with Crippen molar-refractivity contribution in [2.45, 2.75) is 74.7 Å². The molecule has 42 heavy (non-hydrogen) atoms. The number of hydrogen-bond donors (Lipinski definition) is 5. The number of ether oxygens (including phenoxy) is 1. The Kier molecular flexibility index (Phi) is 8.08. The highest BCUT2D eigenvalue weighted by molar-refractivity contribution is 7.99. The number of primary amides is 1. The zero-order valence-electron chi connectivity index (χ0n) is 23.3. The SMILES string of the molecule is CCN[C@@H]1C(=O)C(C(N)=O)C(=O)[C@@]2(O)C(=O)c3c(c(CSC4CCCC4)c4cccc(O)c4c3O)C(OC(=O)CC)C12. The standard InChI is InChI=1S/C30H34N2O9S/c1-3-17(34)41-26-19-15(12-42-13-8-5-6-9-13)14-10-7-11-16(33)18(14)24(35)20(19)27(37)30(40)22(26)23(32-4-2)25(36)21(28(30)38)29(31)39/h7,10-11,13,21-23,26,32-33,35,40H,3-6,8-9,12H2,1-2H3,(H2,31,39)/t21?,22?,23-,26?,30-/m0/s1. The van der Waals surface area contributed by atoms with Crippen molar-refractivity contribution in [3.8, 4) is 11.5 Å². The summed E-state index contributed by atoms with van der Waals surface area (Å²) in [5, 5.41) is 37.9. The Morgan fingerprint density at radius 1 is 1.14 bits per heavy atom. The van der Waals surface area contributed by atoms with Crippen LogP contribution < -0.4 is 11.1 Å². The fourth-order valence-corrected chi connectivity index (χ4v) is 8.14. The molecule has 12 heteroatoms. The molecule has 5 atom stereocenters. The lowest BCUT2D eigenvalue weighted by molar-refractivity contribution is -0.176. The summed E-state index contributed by atoms with van der Waals surface area (Å²) < 4.78 is 5.87. The van der Waals surface area contributed by atoms with E-state index in [0.29, 0.717) is 22.0 Å². The number of thioether (sulfide) groups is 1. The van der Waals surface area contributed by atoms with E-state index in [1.807, 2.05) is 0 Å². The van der Waals surface area contributed by atoms with Gasteiger partial charge in [0.05, 0.1) is 22.9 Å². The number of benzene rings is 2. The van der Waals surface area contributed by atoms with Crippen LogP contribution in [-0.2, 0) is 29.7 Å². The van der Waals surface area contributed by atoms with Crippen LogP contribution in [0, 0.1) is 11.8 Å². The number of likely N-dealkylation sites (N-methyl/N-ethyl adjacent to an activating group) is 1. The number of ketones is 3. The van der Waals surface area contributed by atoms with Crippen molar-refractivity contribution in [2.75, 3.05) is 6.54 Å². The van der Waals surface area contributed by atoms with E-state index in [1.54, 1.807) is 30.8 Å². The number of esters is 1. The van der Waals surface area contributed by atoms with Gasteiger partial charge in [0, 0.05) is 23.0 Å². The number of hydrogen-bond acceptors (Lipinski definition) is 11. The van der Waals surface area contributed by atoms with Gasteiger partial charge in [0.15, 0.2) is 23.1 Å². The maximum Gasteiger partial charge on any atom is 0.306 e. The monoisotopic (exact) mass is 598 g/mol. The van der Waals surface area contributed by atoms with Gasteiger partial charge in [-0.1, -0.05) is 38.8 Å². The maximum absolute atomic E-state index is 14.3. The van der Waals surface area contributed by atoms with Crippen LogP contribution >= 0.6 is 11.8 Å². The van der Waals surface area contributed by atoms with Gasteiger partial charge >= 0.3 is 5.97 Å². The molecule has 0 aliphatic heterocycles. The van der Waals surface area contributed by atoms with Crippen LogP contribution in [0.3, 0.4) is 0 Å². The van der Waals surface area contributed by atoms with Crippen LogP contribution in [-0.4, -0.2) is 68.0 Å². The molecule has 6 N–H and O–H groups in total. The number of phenols is 2. The lowest BCUT2D eigenvalue weighted by atomic mass is 9.57. The zero-order chi connectivity index (χ0) is 30.5. The van der Waals surface area contributed by atoms with E-state index in [1.165, 1.54) is 13.0 Å². The molecule has 3 aliphatic rings. The Bertz CT molecular complexity index is 1500. The lowest BCUT2D eigenvalue weighted by Gasteiger charge is -2.50. The molecule has 2 fully saturated rings. The largest absolute Gasteiger partial charge is 0.507 e. The van der Waals surface area contributed by atoms with Crippen molar-refractivity contribution in [3.63, 3.8) is 0 Å². The normalized spacial score (nSPS) is 27.6. The van der Waals surface area contributed by atoms with Crippen molar-refractivity contribution in [2.24, 2.45) is 17.6 Å². The first-order valence-corrected chi connectivity index (χ1v) is 15.2. The Balaban J connectivity index is 1.86. The van der Waals surface area contributed by atoms with Gasteiger partial charge in [-0.25, -0.2) is 0 Å². The Morgan fingerprint density at radius 2 is 1.83 bits per heavy atom. The van der Waals surface area contributed by atoms with Crippen molar-refractivity contribution < 1.29 is 44.0 Å². The number of fused-ring (bicyclic) bond motifs is 3. The summed E-state index contributed by atoms with van der Waals surface area (Å²) in [6, 6.07) is 3.09. The van der Waals surface area contributed by atoms with Gasteiger partial charge in [0.1, 0.15) is 17.6 Å². The molecule has 0 spiro atoms. The molecule has 0 aromatic heterocycles. The van der Waals surface area contributed by atoms with E-state index in [2.05, 4.69) is 5.32 Å². The van der Waals surface area contributed by atoms with E-state index < -0.39 is 70.1 Å². The Labute approximate surface area is 246 Å². The average molecular weight is 599 g/mol.